The van der Waals surface area contributed by atoms with Gasteiger partial charge in [0.1, 0.15) is 0 Å². The van der Waals surface area contributed by atoms with E-state index in [1.807, 2.05) is 0 Å². The first-order valence-corrected chi connectivity index (χ1v) is 9.85. The third-order valence-electron chi connectivity index (χ3n) is 4.11. The number of carbonyl (C=O) groups excluding carboxylic acids is 3. The molecule has 0 atom stereocenters. The SMILES string of the molecule is CCN(CC)S(=O)(=O)c1cccc(C(=O)OCC(=O)N2CCCC2=O)c1. The lowest BCUT2D eigenvalue weighted by molar-refractivity contribution is -0.143. The second-order valence-corrected chi connectivity index (χ2v) is 7.67. The largest absolute Gasteiger partial charge is 0.452 e. The number of likely N-dealkylation sites (tertiary alicyclic amines) is 1. The van der Waals surface area contributed by atoms with Crippen LogP contribution in [0.5, 0.6) is 0 Å². The van der Waals surface area contributed by atoms with E-state index in [2.05, 4.69) is 0 Å². The van der Waals surface area contributed by atoms with E-state index in [9.17, 15) is 22.8 Å². The van der Waals surface area contributed by atoms with Crippen LogP contribution < -0.4 is 0 Å². The molecular formula is C17H22N2O6S. The van der Waals surface area contributed by atoms with Gasteiger partial charge in [-0.05, 0) is 24.6 Å². The molecule has 0 aromatic heterocycles. The van der Waals surface area contributed by atoms with E-state index in [0.29, 0.717) is 32.5 Å². The maximum absolute atomic E-state index is 12.5. The molecule has 1 aliphatic heterocycles. The van der Waals surface area contributed by atoms with E-state index in [1.54, 1.807) is 13.8 Å². The Hall–Kier alpha value is -2.26. The molecule has 0 spiro atoms. The Balaban J connectivity index is 2.08. The van der Waals surface area contributed by atoms with Crippen molar-refractivity contribution in [3.05, 3.63) is 29.8 Å². The highest BCUT2D eigenvalue weighted by Gasteiger charge is 2.27. The Labute approximate surface area is 152 Å². The van der Waals surface area contributed by atoms with Gasteiger partial charge >= 0.3 is 5.97 Å². The van der Waals surface area contributed by atoms with Crippen molar-refractivity contribution in [1.29, 1.82) is 0 Å². The second kappa shape index (κ2) is 8.41. The smallest absolute Gasteiger partial charge is 0.338 e. The molecule has 1 aromatic rings. The van der Waals surface area contributed by atoms with Crippen LogP contribution in [0.2, 0.25) is 0 Å². The van der Waals surface area contributed by atoms with Crippen LogP contribution in [0.4, 0.5) is 0 Å². The normalized spacial score (nSPS) is 14.7. The predicted molar refractivity (Wildman–Crippen MR) is 92.8 cm³/mol. The Morgan fingerprint density at radius 2 is 1.92 bits per heavy atom. The summed E-state index contributed by atoms with van der Waals surface area (Å²) in [5.41, 5.74) is 0.0266. The Morgan fingerprint density at radius 3 is 2.50 bits per heavy atom. The zero-order valence-electron chi connectivity index (χ0n) is 14.8. The van der Waals surface area contributed by atoms with Crippen LogP contribution in [0.3, 0.4) is 0 Å². The minimum Gasteiger partial charge on any atom is -0.452 e. The summed E-state index contributed by atoms with van der Waals surface area (Å²) >= 11 is 0. The highest BCUT2D eigenvalue weighted by atomic mass is 32.2. The Bertz CT molecular complexity index is 801. The van der Waals surface area contributed by atoms with E-state index in [0.717, 1.165) is 4.90 Å². The monoisotopic (exact) mass is 382 g/mol. The zero-order chi connectivity index (χ0) is 19.3. The summed E-state index contributed by atoms with van der Waals surface area (Å²) in [7, 11) is -3.70. The standard InChI is InChI=1S/C17H22N2O6S/c1-3-18(4-2)26(23,24)14-8-5-7-13(11-14)17(22)25-12-16(21)19-10-6-9-15(19)20/h5,7-8,11H,3-4,6,9-10,12H2,1-2H3. The van der Waals surface area contributed by atoms with Crippen LogP contribution in [0, 0.1) is 0 Å². The number of rotatable bonds is 7. The van der Waals surface area contributed by atoms with Crippen LogP contribution in [-0.2, 0) is 24.3 Å². The molecular weight excluding hydrogens is 360 g/mol. The van der Waals surface area contributed by atoms with E-state index < -0.39 is 28.5 Å². The first-order chi connectivity index (χ1) is 12.3. The van der Waals surface area contributed by atoms with Gasteiger partial charge in [0.25, 0.3) is 5.91 Å². The lowest BCUT2D eigenvalue weighted by Crippen LogP contribution is -2.35. The number of benzene rings is 1. The minimum atomic E-state index is -3.70. The number of carbonyl (C=O) groups is 3. The molecule has 8 nitrogen and oxygen atoms in total. The van der Waals surface area contributed by atoms with E-state index >= 15 is 0 Å². The van der Waals surface area contributed by atoms with Crippen molar-refractivity contribution < 1.29 is 27.5 Å². The molecule has 9 heteroatoms. The van der Waals surface area contributed by atoms with Crippen molar-refractivity contribution in [2.45, 2.75) is 31.6 Å². The van der Waals surface area contributed by atoms with Gasteiger partial charge in [-0.2, -0.15) is 4.31 Å². The van der Waals surface area contributed by atoms with Gasteiger partial charge in [-0.1, -0.05) is 19.9 Å². The average molecular weight is 382 g/mol. The van der Waals surface area contributed by atoms with Crippen molar-refractivity contribution >= 4 is 27.8 Å². The molecule has 0 radical (unpaired) electrons. The van der Waals surface area contributed by atoms with E-state index in [1.165, 1.54) is 28.6 Å². The zero-order valence-corrected chi connectivity index (χ0v) is 15.6. The van der Waals surface area contributed by atoms with Crippen molar-refractivity contribution in [2.75, 3.05) is 26.2 Å². The molecule has 1 fully saturated rings. The maximum Gasteiger partial charge on any atom is 0.338 e. The van der Waals surface area contributed by atoms with Gasteiger partial charge in [-0.15, -0.1) is 0 Å². The number of nitrogens with zero attached hydrogens (tertiary/aromatic N) is 2. The summed E-state index contributed by atoms with van der Waals surface area (Å²) in [6.07, 6.45) is 0.911. The number of hydrogen-bond donors (Lipinski definition) is 0. The summed E-state index contributed by atoms with van der Waals surface area (Å²) in [6.45, 7) is 3.84. The van der Waals surface area contributed by atoms with E-state index in [4.69, 9.17) is 4.74 Å². The number of sulfonamides is 1. The molecule has 0 N–H and O–H groups in total. The first kappa shape index (κ1) is 20.1. The summed E-state index contributed by atoms with van der Waals surface area (Å²) < 4.78 is 31.3. The summed E-state index contributed by atoms with van der Waals surface area (Å²) in [5, 5.41) is 0. The molecule has 2 rings (SSSR count). The van der Waals surface area contributed by atoms with Crippen molar-refractivity contribution in [3.8, 4) is 0 Å². The lowest BCUT2D eigenvalue weighted by Gasteiger charge is -2.18. The van der Waals surface area contributed by atoms with Crippen molar-refractivity contribution in [1.82, 2.24) is 9.21 Å². The lowest BCUT2D eigenvalue weighted by atomic mass is 10.2. The summed E-state index contributed by atoms with van der Waals surface area (Å²) in [6, 6.07) is 5.48. The fourth-order valence-corrected chi connectivity index (χ4v) is 4.20. The fraction of sp³-hybridized carbons (Fsp3) is 0.471. The second-order valence-electron chi connectivity index (χ2n) is 5.74. The molecule has 1 saturated heterocycles. The van der Waals surface area contributed by atoms with Gasteiger partial charge < -0.3 is 4.74 Å². The average Bonchev–Trinajstić information content (AvgIpc) is 3.06. The third-order valence-corrected chi connectivity index (χ3v) is 6.16. The van der Waals surface area contributed by atoms with Crippen LogP contribution in [0.15, 0.2) is 29.2 Å². The molecule has 1 aromatic carbocycles. The van der Waals surface area contributed by atoms with Crippen LogP contribution in [0.25, 0.3) is 0 Å². The number of imide groups is 1. The number of hydrogen-bond acceptors (Lipinski definition) is 6. The van der Waals surface area contributed by atoms with E-state index in [-0.39, 0.29) is 16.4 Å². The molecule has 0 saturated carbocycles. The number of amides is 2. The Kier molecular flexibility index (Phi) is 6.49. The minimum absolute atomic E-state index is 0.0169. The molecule has 1 heterocycles. The van der Waals surface area contributed by atoms with Gasteiger partial charge in [0.2, 0.25) is 15.9 Å². The van der Waals surface area contributed by atoms with Gasteiger partial charge in [0.05, 0.1) is 10.5 Å². The fourth-order valence-electron chi connectivity index (χ4n) is 2.70. The highest BCUT2D eigenvalue weighted by Crippen LogP contribution is 2.17. The van der Waals surface area contributed by atoms with Crippen LogP contribution in [0.1, 0.15) is 37.0 Å². The molecule has 26 heavy (non-hydrogen) atoms. The first-order valence-electron chi connectivity index (χ1n) is 8.41. The maximum atomic E-state index is 12.5. The molecule has 0 aliphatic carbocycles. The molecule has 1 aliphatic rings. The Morgan fingerprint density at radius 1 is 1.23 bits per heavy atom. The van der Waals surface area contributed by atoms with Gasteiger partial charge in [-0.3, -0.25) is 14.5 Å². The predicted octanol–water partition coefficient (Wildman–Crippen LogP) is 1.02. The molecule has 142 valence electrons. The van der Waals surface area contributed by atoms with Gasteiger partial charge in [-0.25, -0.2) is 13.2 Å². The van der Waals surface area contributed by atoms with Crippen molar-refractivity contribution in [3.63, 3.8) is 0 Å². The quantitative estimate of drug-likeness (QED) is 0.653. The summed E-state index contributed by atoms with van der Waals surface area (Å²) in [4.78, 5) is 36.6. The molecule has 0 bridgehead atoms. The van der Waals surface area contributed by atoms with Crippen LogP contribution >= 0.6 is 0 Å². The van der Waals surface area contributed by atoms with Gasteiger partial charge in [0.15, 0.2) is 6.61 Å². The highest BCUT2D eigenvalue weighted by molar-refractivity contribution is 7.89. The summed E-state index contributed by atoms with van der Waals surface area (Å²) in [5.74, 6) is -1.67. The molecule has 0 unspecified atom stereocenters. The number of esters is 1. The topological polar surface area (TPSA) is 101 Å². The number of ether oxygens (including phenoxy) is 1. The van der Waals surface area contributed by atoms with Crippen molar-refractivity contribution in [2.24, 2.45) is 0 Å². The third kappa shape index (κ3) is 4.28. The van der Waals surface area contributed by atoms with Gasteiger partial charge in [0, 0.05) is 26.1 Å². The van der Waals surface area contributed by atoms with Crippen LogP contribution in [-0.4, -0.2) is 61.6 Å². The molecule has 2 amide bonds.